The van der Waals surface area contributed by atoms with Crippen LogP contribution in [0.5, 0.6) is 0 Å². The monoisotopic (exact) mass is 363 g/mol. The molecule has 1 aliphatic carbocycles. The number of amides is 2. The molecule has 7 heteroatoms. The van der Waals surface area contributed by atoms with Crippen LogP contribution in [-0.4, -0.2) is 65.8 Å². The Morgan fingerprint density at radius 3 is 2.22 bits per heavy atom. The molecule has 1 saturated heterocycles. The maximum Gasteiger partial charge on any atom is 0.239 e. The third-order valence-corrected chi connectivity index (χ3v) is 5.45. The van der Waals surface area contributed by atoms with Crippen LogP contribution in [0.1, 0.15) is 38.5 Å². The molecule has 0 aromatic carbocycles. The van der Waals surface area contributed by atoms with Crippen molar-refractivity contribution in [1.29, 1.82) is 0 Å². The van der Waals surface area contributed by atoms with E-state index in [-0.39, 0.29) is 24.2 Å². The van der Waals surface area contributed by atoms with E-state index in [4.69, 9.17) is 5.73 Å². The molecule has 1 atom stereocenters. The summed E-state index contributed by atoms with van der Waals surface area (Å²) in [5, 5.41) is 0. The molecule has 23 heavy (non-hydrogen) atoms. The zero-order valence-electron chi connectivity index (χ0n) is 14.0. The first-order valence-electron chi connectivity index (χ1n) is 8.45. The number of rotatable bonds is 5. The van der Waals surface area contributed by atoms with Gasteiger partial charge in [0.05, 0.1) is 6.04 Å². The first kappa shape index (κ1) is 20.6. The van der Waals surface area contributed by atoms with Gasteiger partial charge in [0.1, 0.15) is 0 Å². The Hall–Kier alpha value is -0.460. The zero-order chi connectivity index (χ0) is 15.9. The van der Waals surface area contributed by atoms with Gasteiger partial charge in [-0.25, -0.2) is 0 Å². The molecule has 0 spiro atoms. The molecular weight excluding hydrogens is 334 g/mol. The average Bonchev–Trinajstić information content (AvgIpc) is 2.59. The second kappa shape index (κ2) is 10.4. The van der Waals surface area contributed by atoms with Crippen LogP contribution >= 0.6 is 24.2 Å². The van der Waals surface area contributed by atoms with E-state index < -0.39 is 6.04 Å². The summed E-state index contributed by atoms with van der Waals surface area (Å²) in [4.78, 5) is 28.6. The number of nitrogens with zero attached hydrogens (tertiary/aromatic N) is 2. The number of thioether (sulfide) groups is 1. The minimum Gasteiger partial charge on any atom is -0.339 e. The zero-order valence-corrected chi connectivity index (χ0v) is 15.7. The molecule has 2 N–H and O–H groups in total. The lowest BCUT2D eigenvalue weighted by Crippen LogP contribution is -2.55. The van der Waals surface area contributed by atoms with Gasteiger partial charge in [-0.15, -0.1) is 12.4 Å². The normalized spacial score (nSPS) is 20.8. The van der Waals surface area contributed by atoms with Crippen LogP contribution in [0.3, 0.4) is 0 Å². The van der Waals surface area contributed by atoms with Gasteiger partial charge in [-0.3, -0.25) is 9.59 Å². The molecule has 0 bridgehead atoms. The Morgan fingerprint density at radius 2 is 1.65 bits per heavy atom. The van der Waals surface area contributed by atoms with Crippen molar-refractivity contribution < 1.29 is 9.59 Å². The summed E-state index contributed by atoms with van der Waals surface area (Å²) in [5.74, 6) is 1.48. The standard InChI is InChI=1S/C16H29N3O2S.ClH/c1-22-12-7-14(17)16(21)19-10-8-18(9-11-19)15(20)13-5-3-2-4-6-13;/h13-14H,2-12,17H2,1H3;1H/t14-;/m0./s1. The molecule has 2 fully saturated rings. The van der Waals surface area contributed by atoms with Gasteiger partial charge < -0.3 is 15.5 Å². The molecule has 0 aromatic rings. The minimum absolute atomic E-state index is 0. The van der Waals surface area contributed by atoms with Gasteiger partial charge in [-0.05, 0) is 31.3 Å². The second-order valence-corrected chi connectivity index (χ2v) is 7.36. The van der Waals surface area contributed by atoms with Crippen LogP contribution in [0, 0.1) is 5.92 Å². The molecular formula is C16H30ClN3O2S. The average molecular weight is 364 g/mol. The lowest BCUT2D eigenvalue weighted by molar-refractivity contribution is -0.143. The molecule has 2 amide bonds. The molecule has 0 unspecified atom stereocenters. The van der Waals surface area contributed by atoms with Crippen molar-refractivity contribution in [2.24, 2.45) is 11.7 Å². The van der Waals surface area contributed by atoms with E-state index in [1.807, 2.05) is 16.1 Å². The highest BCUT2D eigenvalue weighted by atomic mass is 35.5. The summed E-state index contributed by atoms with van der Waals surface area (Å²) in [6.45, 7) is 2.58. The van der Waals surface area contributed by atoms with E-state index in [9.17, 15) is 9.59 Å². The van der Waals surface area contributed by atoms with Crippen molar-refractivity contribution in [3.05, 3.63) is 0 Å². The van der Waals surface area contributed by atoms with Crippen LogP contribution in [-0.2, 0) is 9.59 Å². The Labute approximate surface area is 150 Å². The van der Waals surface area contributed by atoms with Crippen LogP contribution in [0.15, 0.2) is 0 Å². The van der Waals surface area contributed by atoms with Crippen molar-refractivity contribution in [2.75, 3.05) is 38.2 Å². The highest BCUT2D eigenvalue weighted by Crippen LogP contribution is 2.25. The van der Waals surface area contributed by atoms with Gasteiger partial charge in [0, 0.05) is 32.1 Å². The summed E-state index contributed by atoms with van der Waals surface area (Å²) in [7, 11) is 0. The summed E-state index contributed by atoms with van der Waals surface area (Å²) in [6, 6.07) is -0.395. The van der Waals surface area contributed by atoms with E-state index in [2.05, 4.69) is 0 Å². The highest BCUT2D eigenvalue weighted by Gasteiger charge is 2.30. The number of hydrogen-bond acceptors (Lipinski definition) is 4. The van der Waals surface area contributed by atoms with Crippen molar-refractivity contribution in [3.8, 4) is 0 Å². The molecule has 5 nitrogen and oxygen atoms in total. The van der Waals surface area contributed by atoms with E-state index in [1.54, 1.807) is 11.8 Å². The predicted molar refractivity (Wildman–Crippen MR) is 98.0 cm³/mol. The Kier molecular flexibility index (Phi) is 9.32. The topological polar surface area (TPSA) is 66.6 Å². The van der Waals surface area contributed by atoms with Gasteiger partial charge in [-0.2, -0.15) is 11.8 Å². The van der Waals surface area contributed by atoms with Crippen molar-refractivity contribution in [2.45, 2.75) is 44.6 Å². The summed E-state index contributed by atoms with van der Waals surface area (Å²) >= 11 is 1.71. The predicted octanol–water partition coefficient (Wildman–Crippen LogP) is 1.74. The van der Waals surface area contributed by atoms with E-state index >= 15 is 0 Å². The van der Waals surface area contributed by atoms with Crippen molar-refractivity contribution >= 4 is 36.0 Å². The molecule has 134 valence electrons. The maximum absolute atomic E-state index is 12.5. The fourth-order valence-electron chi connectivity index (χ4n) is 3.36. The Morgan fingerprint density at radius 1 is 1.09 bits per heavy atom. The quantitative estimate of drug-likeness (QED) is 0.807. The number of carbonyl (C=O) groups is 2. The van der Waals surface area contributed by atoms with Crippen LogP contribution in [0.4, 0.5) is 0 Å². The van der Waals surface area contributed by atoms with Gasteiger partial charge in [0.2, 0.25) is 11.8 Å². The lowest BCUT2D eigenvalue weighted by atomic mass is 9.88. The fraction of sp³-hybridized carbons (Fsp3) is 0.875. The first-order valence-corrected chi connectivity index (χ1v) is 9.85. The van der Waals surface area contributed by atoms with Crippen LogP contribution in [0.2, 0.25) is 0 Å². The van der Waals surface area contributed by atoms with Crippen LogP contribution in [0.25, 0.3) is 0 Å². The van der Waals surface area contributed by atoms with Crippen LogP contribution < -0.4 is 5.73 Å². The van der Waals surface area contributed by atoms with Gasteiger partial charge >= 0.3 is 0 Å². The molecule has 2 aliphatic rings. The smallest absolute Gasteiger partial charge is 0.239 e. The molecule has 1 saturated carbocycles. The highest BCUT2D eigenvalue weighted by molar-refractivity contribution is 7.98. The molecule has 2 rings (SSSR count). The summed E-state index contributed by atoms with van der Waals surface area (Å²) in [5.41, 5.74) is 5.96. The minimum atomic E-state index is -0.395. The van der Waals surface area contributed by atoms with E-state index in [0.29, 0.717) is 32.1 Å². The number of halogens is 1. The fourth-order valence-corrected chi connectivity index (χ4v) is 3.85. The third kappa shape index (κ3) is 5.84. The van der Waals surface area contributed by atoms with Crippen molar-refractivity contribution in [1.82, 2.24) is 9.80 Å². The SMILES string of the molecule is CSCC[C@H](N)C(=O)N1CCN(C(=O)C2CCCCC2)CC1.Cl. The number of hydrogen-bond donors (Lipinski definition) is 1. The Bertz CT molecular complexity index is 384. The van der Waals surface area contributed by atoms with E-state index in [0.717, 1.165) is 25.0 Å². The summed E-state index contributed by atoms with van der Waals surface area (Å²) < 4.78 is 0. The molecule has 1 aliphatic heterocycles. The number of piperazine rings is 1. The summed E-state index contributed by atoms with van der Waals surface area (Å²) in [6.07, 6.45) is 8.45. The van der Waals surface area contributed by atoms with E-state index in [1.165, 1.54) is 19.3 Å². The molecule has 0 radical (unpaired) electrons. The van der Waals surface area contributed by atoms with Gasteiger partial charge in [0.15, 0.2) is 0 Å². The maximum atomic E-state index is 12.5. The van der Waals surface area contributed by atoms with Gasteiger partial charge in [-0.1, -0.05) is 19.3 Å². The number of nitrogens with two attached hydrogens (primary N) is 1. The second-order valence-electron chi connectivity index (χ2n) is 6.37. The lowest BCUT2D eigenvalue weighted by Gasteiger charge is -2.38. The first-order chi connectivity index (χ1) is 10.6. The number of carbonyl (C=O) groups excluding carboxylic acids is 2. The molecule has 0 aromatic heterocycles. The third-order valence-electron chi connectivity index (χ3n) is 4.81. The molecule has 1 heterocycles. The largest absolute Gasteiger partial charge is 0.339 e. The van der Waals surface area contributed by atoms with Crippen molar-refractivity contribution in [3.63, 3.8) is 0 Å². The van der Waals surface area contributed by atoms with Gasteiger partial charge in [0.25, 0.3) is 0 Å². The Balaban J connectivity index is 0.00000264.